The summed E-state index contributed by atoms with van der Waals surface area (Å²) in [7, 11) is 0. The topological polar surface area (TPSA) is 85.1 Å². The Labute approximate surface area is 114 Å². The molecule has 1 saturated heterocycles. The van der Waals surface area contributed by atoms with E-state index in [9.17, 15) is 0 Å². The molecule has 1 fully saturated rings. The quantitative estimate of drug-likeness (QED) is 0.569. The highest BCUT2D eigenvalue weighted by Gasteiger charge is 2.20. The van der Waals surface area contributed by atoms with E-state index in [1.807, 2.05) is 6.07 Å². The first-order chi connectivity index (χ1) is 8.99. The van der Waals surface area contributed by atoms with Crippen molar-refractivity contribution in [3.8, 4) is 0 Å². The highest BCUT2D eigenvalue weighted by Crippen LogP contribution is 2.23. The lowest BCUT2D eigenvalue weighted by Gasteiger charge is -2.25. The van der Waals surface area contributed by atoms with Gasteiger partial charge >= 0.3 is 0 Å². The number of hydrogen-bond acceptors (Lipinski definition) is 6. The summed E-state index contributed by atoms with van der Waals surface area (Å²) in [6.45, 7) is 7.86. The van der Waals surface area contributed by atoms with Crippen LogP contribution in [0.4, 0.5) is 11.6 Å². The molecule has 6 heteroatoms. The molecular formula is C13H23N5O. The molecule has 6 nitrogen and oxygen atoms in total. The summed E-state index contributed by atoms with van der Waals surface area (Å²) in [5, 5.41) is 3.44. The molecule has 0 aromatic carbocycles. The number of rotatable bonds is 3. The Morgan fingerprint density at radius 2 is 1.84 bits per heavy atom. The van der Waals surface area contributed by atoms with Crippen molar-refractivity contribution in [1.29, 1.82) is 0 Å². The van der Waals surface area contributed by atoms with Crippen LogP contribution in [-0.4, -0.2) is 29.2 Å². The van der Waals surface area contributed by atoms with E-state index in [-0.39, 0.29) is 5.41 Å². The van der Waals surface area contributed by atoms with Crippen LogP contribution < -0.4 is 16.6 Å². The molecule has 0 amide bonds. The molecule has 0 aliphatic carbocycles. The Hall–Kier alpha value is -1.40. The van der Waals surface area contributed by atoms with E-state index < -0.39 is 0 Å². The molecule has 1 aliphatic heterocycles. The van der Waals surface area contributed by atoms with Gasteiger partial charge in [0, 0.05) is 30.7 Å². The van der Waals surface area contributed by atoms with Gasteiger partial charge < -0.3 is 15.5 Å². The maximum absolute atomic E-state index is 5.48. The third kappa shape index (κ3) is 3.78. The molecule has 4 N–H and O–H groups in total. The maximum Gasteiger partial charge on any atom is 0.145 e. The first-order valence-electron chi connectivity index (χ1n) is 6.69. The minimum Gasteiger partial charge on any atom is -0.381 e. The van der Waals surface area contributed by atoms with Crippen LogP contribution in [-0.2, 0) is 10.2 Å². The van der Waals surface area contributed by atoms with E-state index in [0.717, 1.165) is 37.7 Å². The summed E-state index contributed by atoms with van der Waals surface area (Å²) >= 11 is 0. The summed E-state index contributed by atoms with van der Waals surface area (Å²) in [6.07, 6.45) is 2.00. The Bertz CT molecular complexity index is 424. The molecule has 0 unspecified atom stereocenters. The minimum atomic E-state index is -0.112. The zero-order valence-corrected chi connectivity index (χ0v) is 11.9. The molecule has 106 valence electrons. The lowest BCUT2D eigenvalue weighted by Crippen LogP contribution is -2.29. The van der Waals surface area contributed by atoms with Gasteiger partial charge in [0.15, 0.2) is 0 Å². The summed E-state index contributed by atoms with van der Waals surface area (Å²) in [5.74, 6) is 7.70. The molecule has 0 spiro atoms. The second-order valence-corrected chi connectivity index (χ2v) is 5.89. The van der Waals surface area contributed by atoms with Crippen molar-refractivity contribution in [2.75, 3.05) is 24.0 Å². The second-order valence-electron chi connectivity index (χ2n) is 5.89. The maximum atomic E-state index is 5.48. The monoisotopic (exact) mass is 265 g/mol. The van der Waals surface area contributed by atoms with Crippen LogP contribution >= 0.6 is 0 Å². The smallest absolute Gasteiger partial charge is 0.145 e. The molecule has 19 heavy (non-hydrogen) atoms. The van der Waals surface area contributed by atoms with Gasteiger partial charge in [0.2, 0.25) is 0 Å². The predicted octanol–water partition coefficient (Wildman–Crippen LogP) is 1.65. The third-order valence-corrected chi connectivity index (χ3v) is 3.12. The number of hydrazine groups is 1. The SMILES string of the molecule is CC(C)(C)c1nc(NN)cc(NC2CCOCC2)n1. The number of nitrogen functional groups attached to an aromatic ring is 1. The largest absolute Gasteiger partial charge is 0.381 e. The van der Waals surface area contributed by atoms with Gasteiger partial charge in [0.1, 0.15) is 17.5 Å². The van der Waals surface area contributed by atoms with E-state index in [2.05, 4.69) is 41.5 Å². The number of anilines is 2. The Morgan fingerprint density at radius 1 is 1.21 bits per heavy atom. The number of nitrogens with zero attached hydrogens (tertiary/aromatic N) is 2. The van der Waals surface area contributed by atoms with E-state index >= 15 is 0 Å². The summed E-state index contributed by atoms with van der Waals surface area (Å²) < 4.78 is 5.36. The van der Waals surface area contributed by atoms with Gasteiger partial charge in [-0.1, -0.05) is 20.8 Å². The zero-order valence-electron chi connectivity index (χ0n) is 11.9. The molecule has 1 aliphatic rings. The zero-order chi connectivity index (χ0) is 13.9. The lowest BCUT2D eigenvalue weighted by atomic mass is 9.96. The molecule has 1 aromatic heterocycles. The van der Waals surface area contributed by atoms with E-state index in [1.165, 1.54) is 0 Å². The number of ether oxygens (including phenoxy) is 1. The molecule has 0 saturated carbocycles. The fourth-order valence-corrected chi connectivity index (χ4v) is 1.98. The number of hydrogen-bond donors (Lipinski definition) is 3. The Morgan fingerprint density at radius 3 is 2.42 bits per heavy atom. The summed E-state index contributed by atoms with van der Waals surface area (Å²) in [4.78, 5) is 8.99. The number of nitrogens with two attached hydrogens (primary N) is 1. The average Bonchev–Trinajstić information content (AvgIpc) is 2.38. The third-order valence-electron chi connectivity index (χ3n) is 3.12. The van der Waals surface area contributed by atoms with Crippen LogP contribution in [0.3, 0.4) is 0 Å². The van der Waals surface area contributed by atoms with Crippen LogP contribution in [0.5, 0.6) is 0 Å². The van der Waals surface area contributed by atoms with Crippen LogP contribution in [0.15, 0.2) is 6.07 Å². The van der Waals surface area contributed by atoms with E-state index in [1.54, 1.807) is 0 Å². The lowest BCUT2D eigenvalue weighted by molar-refractivity contribution is 0.0904. The van der Waals surface area contributed by atoms with Crippen molar-refractivity contribution in [3.05, 3.63) is 11.9 Å². The summed E-state index contributed by atoms with van der Waals surface area (Å²) in [6, 6.07) is 2.24. The average molecular weight is 265 g/mol. The Balaban J connectivity index is 2.19. The first kappa shape index (κ1) is 14.0. The van der Waals surface area contributed by atoms with Crippen LogP contribution in [0.25, 0.3) is 0 Å². The van der Waals surface area contributed by atoms with E-state index in [4.69, 9.17) is 10.6 Å². The van der Waals surface area contributed by atoms with Crippen molar-refractivity contribution in [3.63, 3.8) is 0 Å². The normalized spacial score (nSPS) is 17.3. The van der Waals surface area contributed by atoms with Crippen molar-refractivity contribution in [2.45, 2.75) is 45.1 Å². The van der Waals surface area contributed by atoms with Gasteiger partial charge in [-0.25, -0.2) is 15.8 Å². The second kappa shape index (κ2) is 5.71. The molecular weight excluding hydrogens is 242 g/mol. The van der Waals surface area contributed by atoms with Crippen LogP contribution in [0.1, 0.15) is 39.4 Å². The van der Waals surface area contributed by atoms with Gasteiger partial charge in [-0.3, -0.25) is 0 Å². The first-order valence-corrected chi connectivity index (χ1v) is 6.69. The summed E-state index contributed by atoms with van der Waals surface area (Å²) in [5.41, 5.74) is 2.49. The van der Waals surface area contributed by atoms with Gasteiger partial charge in [-0.2, -0.15) is 0 Å². The number of aromatic nitrogens is 2. The molecule has 2 heterocycles. The van der Waals surface area contributed by atoms with Crippen LogP contribution in [0, 0.1) is 0 Å². The number of nitrogens with one attached hydrogen (secondary N) is 2. The highest BCUT2D eigenvalue weighted by atomic mass is 16.5. The van der Waals surface area contributed by atoms with Gasteiger partial charge in [0.25, 0.3) is 0 Å². The van der Waals surface area contributed by atoms with Crippen molar-refractivity contribution in [2.24, 2.45) is 5.84 Å². The van der Waals surface area contributed by atoms with Crippen molar-refractivity contribution >= 4 is 11.6 Å². The van der Waals surface area contributed by atoms with Crippen LogP contribution in [0.2, 0.25) is 0 Å². The van der Waals surface area contributed by atoms with Gasteiger partial charge in [0.05, 0.1) is 0 Å². The fourth-order valence-electron chi connectivity index (χ4n) is 1.98. The highest BCUT2D eigenvalue weighted by molar-refractivity contribution is 5.48. The Kier molecular flexibility index (Phi) is 4.21. The van der Waals surface area contributed by atoms with Crippen molar-refractivity contribution in [1.82, 2.24) is 9.97 Å². The molecule has 0 atom stereocenters. The molecule has 0 bridgehead atoms. The molecule has 2 rings (SSSR count). The molecule has 1 aromatic rings. The van der Waals surface area contributed by atoms with E-state index in [0.29, 0.717) is 11.9 Å². The fraction of sp³-hybridized carbons (Fsp3) is 0.692. The van der Waals surface area contributed by atoms with Crippen molar-refractivity contribution < 1.29 is 4.74 Å². The standard InChI is InChI=1S/C13H23N5O/c1-13(2,3)12-16-10(8-11(17-12)18-14)15-9-4-6-19-7-5-9/h8-9H,4-7,14H2,1-3H3,(H2,15,16,17,18). The predicted molar refractivity (Wildman–Crippen MR) is 76.0 cm³/mol. The molecule has 0 radical (unpaired) electrons. The minimum absolute atomic E-state index is 0.112. The van der Waals surface area contributed by atoms with Gasteiger partial charge in [-0.15, -0.1) is 0 Å². The van der Waals surface area contributed by atoms with Gasteiger partial charge in [-0.05, 0) is 12.8 Å².